The van der Waals surface area contributed by atoms with Gasteiger partial charge in [0.15, 0.2) is 17.3 Å². The molecule has 3 heteroatoms. The Kier molecular flexibility index (Phi) is 1.90. The maximum atomic E-state index is 12.0. The highest BCUT2D eigenvalue weighted by atomic mass is 17.2. The van der Waals surface area contributed by atoms with Crippen LogP contribution in [0.25, 0.3) is 0 Å². The van der Waals surface area contributed by atoms with Gasteiger partial charge in [0.1, 0.15) is 0 Å². The highest BCUT2D eigenvalue weighted by Gasteiger charge is 2.11. The zero-order chi connectivity index (χ0) is 11.0. The van der Waals surface area contributed by atoms with Gasteiger partial charge in [-0.2, -0.15) is 0 Å². The normalized spacial score (nSPS) is 12.9. The Balaban J connectivity index is 2.19. The van der Waals surface area contributed by atoms with Crippen LogP contribution in [0.4, 0.5) is 0 Å². The van der Waals surface area contributed by atoms with Gasteiger partial charge < -0.3 is 0 Å². The first-order valence-electron chi connectivity index (χ1n) is 4.92. The van der Waals surface area contributed by atoms with E-state index in [1.165, 1.54) is 0 Å². The standard InChI is InChI=1S/C13H8O3/c14-13-9-1-5-11(6-2-9)15-16-12-7-3-10(13)4-8-12/h1-8H. The zero-order valence-electron chi connectivity index (χ0n) is 8.34. The average Bonchev–Trinajstić information content (AvgIpc) is 2.43. The molecule has 0 saturated carbocycles. The summed E-state index contributed by atoms with van der Waals surface area (Å²) in [6.45, 7) is 0. The van der Waals surface area contributed by atoms with Gasteiger partial charge in [-0.15, -0.1) is 0 Å². The lowest BCUT2D eigenvalue weighted by atomic mass is 10.0. The van der Waals surface area contributed by atoms with Crippen LogP contribution in [0.5, 0.6) is 11.5 Å². The fourth-order valence-corrected chi connectivity index (χ4v) is 1.59. The molecule has 0 unspecified atom stereocenters. The second-order valence-electron chi connectivity index (χ2n) is 3.54. The summed E-state index contributed by atoms with van der Waals surface area (Å²) in [5, 5.41) is 0. The minimum absolute atomic E-state index is 0.000000000000000888. The largest absolute Gasteiger partial charge is 0.290 e. The number of carbonyl (C=O) groups is 1. The molecule has 6 rings (SSSR count). The van der Waals surface area contributed by atoms with Crippen LogP contribution in [0, 0.1) is 0 Å². The molecule has 3 nitrogen and oxygen atoms in total. The van der Waals surface area contributed by atoms with Crippen molar-refractivity contribution in [3.8, 4) is 11.5 Å². The predicted molar refractivity (Wildman–Crippen MR) is 57.6 cm³/mol. The molecule has 0 atom stereocenters. The van der Waals surface area contributed by atoms with Crippen LogP contribution in [0.2, 0.25) is 0 Å². The molecule has 0 spiro atoms. The molecule has 4 heterocycles. The van der Waals surface area contributed by atoms with Crippen LogP contribution < -0.4 is 9.78 Å². The molecule has 0 aliphatic carbocycles. The van der Waals surface area contributed by atoms with Crippen molar-refractivity contribution in [3.63, 3.8) is 0 Å². The van der Waals surface area contributed by atoms with E-state index in [1.54, 1.807) is 48.5 Å². The number of rotatable bonds is 0. The number of ketones is 1. The molecular weight excluding hydrogens is 204 g/mol. The molecule has 16 heavy (non-hydrogen) atoms. The molecule has 4 aliphatic heterocycles. The first-order chi connectivity index (χ1) is 7.83. The lowest BCUT2D eigenvalue weighted by Crippen LogP contribution is -1.99. The van der Waals surface area contributed by atoms with Gasteiger partial charge >= 0.3 is 0 Å². The molecule has 0 N–H and O–H groups in total. The highest BCUT2D eigenvalue weighted by Crippen LogP contribution is 2.21. The van der Waals surface area contributed by atoms with Crippen molar-refractivity contribution in [3.05, 3.63) is 59.7 Å². The average molecular weight is 212 g/mol. The smallest absolute Gasteiger partial charge is 0.193 e. The fourth-order valence-electron chi connectivity index (χ4n) is 1.59. The van der Waals surface area contributed by atoms with Gasteiger partial charge in [0, 0.05) is 11.1 Å². The SMILES string of the molecule is O=C1c2ccc(cc2)OOc2ccc1cc2. The summed E-state index contributed by atoms with van der Waals surface area (Å²) in [4.78, 5) is 22.2. The summed E-state index contributed by atoms with van der Waals surface area (Å²) in [6.07, 6.45) is 0. The molecule has 0 radical (unpaired) electrons. The van der Waals surface area contributed by atoms with Crippen LogP contribution in [0.1, 0.15) is 15.9 Å². The number of carbonyl (C=O) groups excluding carboxylic acids is 1. The van der Waals surface area contributed by atoms with Gasteiger partial charge in [0.05, 0.1) is 0 Å². The third kappa shape index (κ3) is 1.42. The second-order valence-corrected chi connectivity index (χ2v) is 3.54. The van der Waals surface area contributed by atoms with Crippen molar-refractivity contribution < 1.29 is 14.6 Å². The number of hydrogen-bond acceptors (Lipinski definition) is 3. The third-order valence-corrected chi connectivity index (χ3v) is 2.47. The first kappa shape index (κ1) is 8.97. The van der Waals surface area contributed by atoms with Crippen molar-refractivity contribution in [2.24, 2.45) is 0 Å². The van der Waals surface area contributed by atoms with E-state index in [-0.39, 0.29) is 5.78 Å². The van der Waals surface area contributed by atoms with Crippen molar-refractivity contribution in [1.29, 1.82) is 0 Å². The van der Waals surface area contributed by atoms with Crippen LogP contribution in [0.3, 0.4) is 0 Å². The molecule has 0 aromatic heterocycles. The molecule has 2 aromatic carbocycles. The summed E-state index contributed by atoms with van der Waals surface area (Å²) >= 11 is 0. The Bertz CT molecular complexity index is 477. The Hall–Kier alpha value is -2.29. The highest BCUT2D eigenvalue weighted by molar-refractivity contribution is 6.09. The van der Waals surface area contributed by atoms with Crippen molar-refractivity contribution in [2.45, 2.75) is 0 Å². The first-order valence-corrected chi connectivity index (χ1v) is 4.92. The molecule has 4 aliphatic rings. The van der Waals surface area contributed by atoms with Crippen molar-refractivity contribution in [2.75, 3.05) is 0 Å². The van der Waals surface area contributed by atoms with Crippen molar-refractivity contribution in [1.82, 2.24) is 0 Å². The molecule has 0 fully saturated rings. The van der Waals surface area contributed by atoms with Gasteiger partial charge in [-0.3, -0.25) is 14.6 Å². The van der Waals surface area contributed by atoms with Crippen molar-refractivity contribution >= 4 is 5.78 Å². The second kappa shape index (κ2) is 3.38. The number of benzene rings is 2. The van der Waals surface area contributed by atoms with Gasteiger partial charge in [-0.25, -0.2) is 0 Å². The van der Waals surface area contributed by atoms with E-state index in [0.717, 1.165) is 0 Å². The minimum Gasteiger partial charge on any atom is -0.290 e. The summed E-state index contributed by atoms with van der Waals surface area (Å²) in [5.41, 5.74) is 1.28. The zero-order valence-corrected chi connectivity index (χ0v) is 8.34. The van der Waals surface area contributed by atoms with Crippen LogP contribution in [-0.2, 0) is 0 Å². The van der Waals surface area contributed by atoms with Gasteiger partial charge in [-0.1, -0.05) is 0 Å². The van der Waals surface area contributed by atoms with E-state index in [4.69, 9.17) is 9.78 Å². The van der Waals surface area contributed by atoms with E-state index in [9.17, 15) is 4.79 Å². The summed E-state index contributed by atoms with van der Waals surface area (Å²) < 4.78 is 0. The Morgan fingerprint density at radius 2 is 1.00 bits per heavy atom. The fraction of sp³-hybridized carbons (Fsp3) is 0. The van der Waals surface area contributed by atoms with E-state index < -0.39 is 0 Å². The molecule has 2 aromatic rings. The van der Waals surface area contributed by atoms with E-state index in [1.807, 2.05) is 0 Å². The van der Waals surface area contributed by atoms with E-state index in [0.29, 0.717) is 22.6 Å². The van der Waals surface area contributed by atoms with E-state index in [2.05, 4.69) is 0 Å². The van der Waals surface area contributed by atoms with Gasteiger partial charge in [0.25, 0.3) is 0 Å². The Morgan fingerprint density at radius 1 is 0.625 bits per heavy atom. The molecule has 0 saturated heterocycles. The van der Waals surface area contributed by atoms with Crippen LogP contribution >= 0.6 is 0 Å². The molecule has 4 bridgehead atoms. The Morgan fingerprint density at radius 3 is 1.38 bits per heavy atom. The summed E-state index contributed by atoms with van der Waals surface area (Å²) in [5.74, 6) is 1.14. The molecular formula is C13H8O3. The van der Waals surface area contributed by atoms with Crippen LogP contribution in [-0.4, -0.2) is 5.78 Å². The molecule has 78 valence electrons. The Labute approximate surface area is 92.2 Å². The maximum Gasteiger partial charge on any atom is 0.193 e. The van der Waals surface area contributed by atoms with Crippen LogP contribution in [0.15, 0.2) is 48.5 Å². The third-order valence-electron chi connectivity index (χ3n) is 2.47. The maximum absolute atomic E-state index is 12.0. The lowest BCUT2D eigenvalue weighted by Gasteiger charge is -2.04. The molecule has 0 amide bonds. The minimum atomic E-state index is 0.000000000000000888. The van der Waals surface area contributed by atoms with Gasteiger partial charge in [0.2, 0.25) is 0 Å². The number of hydrogen-bond donors (Lipinski definition) is 0. The lowest BCUT2D eigenvalue weighted by molar-refractivity contribution is -0.0999. The summed E-state index contributed by atoms with van der Waals surface area (Å²) in [7, 11) is 0. The monoisotopic (exact) mass is 212 g/mol. The topological polar surface area (TPSA) is 35.5 Å². The summed E-state index contributed by atoms with van der Waals surface area (Å²) in [6, 6.07) is 13.7. The van der Waals surface area contributed by atoms with Gasteiger partial charge in [-0.05, 0) is 48.5 Å². The quantitative estimate of drug-likeness (QED) is 0.629. The predicted octanol–water partition coefficient (Wildman–Crippen LogP) is 2.60. The van der Waals surface area contributed by atoms with E-state index >= 15 is 0 Å².